The van der Waals surface area contributed by atoms with E-state index in [2.05, 4.69) is 10.1 Å². The number of nitrogens with two attached hydrogens (primary N) is 1. The van der Waals surface area contributed by atoms with E-state index in [1.54, 1.807) is 29.5 Å². The van der Waals surface area contributed by atoms with Crippen molar-refractivity contribution in [3.8, 4) is 11.3 Å². The van der Waals surface area contributed by atoms with Gasteiger partial charge in [-0.1, -0.05) is 35.3 Å². The third kappa shape index (κ3) is 2.85. The van der Waals surface area contributed by atoms with Crippen molar-refractivity contribution in [2.24, 2.45) is 0 Å². The van der Waals surface area contributed by atoms with Gasteiger partial charge in [0.25, 0.3) is 0 Å². The van der Waals surface area contributed by atoms with Crippen molar-refractivity contribution in [2.75, 3.05) is 5.73 Å². The molecule has 3 rings (SSSR count). The molecule has 22 heavy (non-hydrogen) atoms. The first-order valence-electron chi connectivity index (χ1n) is 6.31. The van der Waals surface area contributed by atoms with Crippen LogP contribution in [0, 0.1) is 5.41 Å². The smallest absolute Gasteiger partial charge is 0.241 e. The van der Waals surface area contributed by atoms with Crippen LogP contribution in [0.2, 0.25) is 10.0 Å². The predicted octanol–water partition coefficient (Wildman–Crippen LogP) is 3.42. The van der Waals surface area contributed by atoms with Crippen molar-refractivity contribution in [1.82, 2.24) is 14.8 Å². The van der Waals surface area contributed by atoms with Gasteiger partial charge in [-0.2, -0.15) is 21.4 Å². The highest BCUT2D eigenvalue weighted by molar-refractivity contribution is 7.07. The molecule has 0 aliphatic carbocycles. The van der Waals surface area contributed by atoms with E-state index in [1.807, 2.05) is 16.8 Å². The van der Waals surface area contributed by atoms with Crippen LogP contribution in [-0.2, 0) is 6.54 Å². The van der Waals surface area contributed by atoms with Gasteiger partial charge in [0.15, 0.2) is 5.82 Å². The first kappa shape index (κ1) is 15.0. The van der Waals surface area contributed by atoms with Crippen molar-refractivity contribution in [1.29, 1.82) is 5.41 Å². The van der Waals surface area contributed by atoms with E-state index in [9.17, 15) is 0 Å². The summed E-state index contributed by atoms with van der Waals surface area (Å²) < 4.78 is 1.48. The second-order valence-corrected chi connectivity index (χ2v) is 6.13. The largest absolute Gasteiger partial charge is 0.382 e. The minimum Gasteiger partial charge on any atom is -0.382 e. The molecular formula is C14H11Cl2N5S. The summed E-state index contributed by atoms with van der Waals surface area (Å²) in [5.74, 6) is 0.149. The van der Waals surface area contributed by atoms with Gasteiger partial charge in [0, 0.05) is 5.56 Å². The zero-order chi connectivity index (χ0) is 15.7. The highest BCUT2D eigenvalue weighted by Crippen LogP contribution is 2.33. The molecular weight excluding hydrogens is 341 g/mol. The number of nitrogens with zero attached hydrogens (tertiary/aromatic N) is 3. The number of hydrogen-bond acceptors (Lipinski definition) is 5. The van der Waals surface area contributed by atoms with Crippen molar-refractivity contribution in [2.45, 2.75) is 6.54 Å². The number of nitrogens with one attached hydrogen (secondary N) is 1. The molecule has 0 aliphatic heterocycles. The Morgan fingerprint density at radius 2 is 2.09 bits per heavy atom. The van der Waals surface area contributed by atoms with Gasteiger partial charge in [-0.3, -0.25) is 5.41 Å². The summed E-state index contributed by atoms with van der Waals surface area (Å²) in [6, 6.07) is 7.20. The number of thiophene rings is 1. The van der Waals surface area contributed by atoms with E-state index >= 15 is 0 Å². The maximum Gasteiger partial charge on any atom is 0.241 e. The van der Waals surface area contributed by atoms with Crippen molar-refractivity contribution >= 4 is 40.4 Å². The Hall–Kier alpha value is -1.89. The lowest BCUT2D eigenvalue weighted by molar-refractivity contribution is 0.598. The summed E-state index contributed by atoms with van der Waals surface area (Å²) in [7, 11) is 0. The van der Waals surface area contributed by atoms with Crippen LogP contribution in [0.4, 0.5) is 5.82 Å². The van der Waals surface area contributed by atoms with Gasteiger partial charge in [-0.25, -0.2) is 4.68 Å². The highest BCUT2D eigenvalue weighted by Gasteiger charge is 2.14. The van der Waals surface area contributed by atoms with E-state index in [4.69, 9.17) is 34.3 Å². The Morgan fingerprint density at radius 1 is 1.27 bits per heavy atom. The molecule has 0 unspecified atom stereocenters. The SMILES string of the molecule is N=c1nc(N)c(-c2cccc(Cl)c2Cl)nn1Cc1ccsc1. The summed E-state index contributed by atoms with van der Waals surface area (Å²) in [6.45, 7) is 0.445. The van der Waals surface area contributed by atoms with Crippen molar-refractivity contribution in [3.63, 3.8) is 0 Å². The van der Waals surface area contributed by atoms with Crippen molar-refractivity contribution in [3.05, 3.63) is 56.3 Å². The molecule has 0 radical (unpaired) electrons. The quantitative estimate of drug-likeness (QED) is 0.758. The lowest BCUT2D eigenvalue weighted by Gasteiger charge is -2.11. The Bertz CT molecular complexity index is 873. The fourth-order valence-electron chi connectivity index (χ4n) is 1.99. The molecule has 5 nitrogen and oxygen atoms in total. The molecule has 0 atom stereocenters. The van der Waals surface area contributed by atoms with E-state index < -0.39 is 0 Å². The first-order chi connectivity index (χ1) is 10.6. The Morgan fingerprint density at radius 3 is 2.82 bits per heavy atom. The predicted molar refractivity (Wildman–Crippen MR) is 89.2 cm³/mol. The molecule has 1 aromatic carbocycles. The van der Waals surface area contributed by atoms with Crippen LogP contribution in [0.25, 0.3) is 11.3 Å². The van der Waals surface area contributed by atoms with Gasteiger partial charge in [0.2, 0.25) is 5.62 Å². The fraction of sp³-hybridized carbons (Fsp3) is 0.0714. The molecule has 3 aromatic rings. The van der Waals surface area contributed by atoms with Crippen LogP contribution in [0.3, 0.4) is 0 Å². The zero-order valence-corrected chi connectivity index (χ0v) is 13.6. The Kier molecular flexibility index (Phi) is 4.15. The van der Waals surface area contributed by atoms with Crippen LogP contribution >= 0.6 is 34.5 Å². The third-order valence-electron chi connectivity index (χ3n) is 3.05. The molecule has 0 saturated carbocycles. The second kappa shape index (κ2) is 6.08. The van der Waals surface area contributed by atoms with Gasteiger partial charge in [0.1, 0.15) is 5.69 Å². The molecule has 0 saturated heterocycles. The maximum atomic E-state index is 7.92. The van der Waals surface area contributed by atoms with Crippen LogP contribution in [-0.4, -0.2) is 14.8 Å². The number of rotatable bonds is 3. The lowest BCUT2D eigenvalue weighted by Crippen LogP contribution is -2.28. The lowest BCUT2D eigenvalue weighted by atomic mass is 10.1. The molecule has 2 aromatic heterocycles. The number of nitrogen functional groups attached to an aromatic ring is 1. The van der Waals surface area contributed by atoms with Crippen LogP contribution in [0.1, 0.15) is 5.56 Å². The van der Waals surface area contributed by atoms with Crippen molar-refractivity contribution < 1.29 is 0 Å². The summed E-state index contributed by atoms with van der Waals surface area (Å²) in [5, 5.41) is 17.1. The Labute approximate surface area is 140 Å². The summed E-state index contributed by atoms with van der Waals surface area (Å²) in [5.41, 5.74) is 7.96. The minimum absolute atomic E-state index is 0.00870. The van der Waals surface area contributed by atoms with Crippen LogP contribution in [0.5, 0.6) is 0 Å². The molecule has 0 amide bonds. The number of anilines is 1. The highest BCUT2D eigenvalue weighted by atomic mass is 35.5. The molecule has 0 aliphatic rings. The van der Waals surface area contributed by atoms with E-state index in [-0.39, 0.29) is 11.4 Å². The summed E-state index contributed by atoms with van der Waals surface area (Å²) >= 11 is 13.9. The Balaban J connectivity index is 2.12. The normalized spacial score (nSPS) is 10.8. The fourth-order valence-corrected chi connectivity index (χ4v) is 3.04. The van der Waals surface area contributed by atoms with E-state index in [0.29, 0.717) is 27.8 Å². The average molecular weight is 352 g/mol. The first-order valence-corrected chi connectivity index (χ1v) is 8.01. The van der Waals surface area contributed by atoms with Crippen LogP contribution < -0.4 is 11.4 Å². The third-order valence-corrected chi connectivity index (χ3v) is 4.60. The second-order valence-electron chi connectivity index (χ2n) is 4.56. The maximum absolute atomic E-state index is 7.92. The monoisotopic (exact) mass is 351 g/mol. The summed E-state index contributed by atoms with van der Waals surface area (Å²) in [6.07, 6.45) is 0. The van der Waals surface area contributed by atoms with Gasteiger partial charge in [-0.15, -0.1) is 0 Å². The molecule has 0 bridgehead atoms. The molecule has 0 fully saturated rings. The summed E-state index contributed by atoms with van der Waals surface area (Å²) in [4.78, 5) is 4.05. The average Bonchev–Trinajstić information content (AvgIpc) is 2.98. The van der Waals surface area contributed by atoms with Crippen LogP contribution in [0.15, 0.2) is 35.0 Å². The molecule has 3 N–H and O–H groups in total. The number of hydrogen-bond donors (Lipinski definition) is 2. The molecule has 0 spiro atoms. The van der Waals surface area contributed by atoms with Gasteiger partial charge in [-0.05, 0) is 28.5 Å². The zero-order valence-electron chi connectivity index (χ0n) is 11.3. The topological polar surface area (TPSA) is 80.6 Å². The van der Waals surface area contributed by atoms with Gasteiger partial charge in [0.05, 0.1) is 16.6 Å². The molecule has 2 heterocycles. The van der Waals surface area contributed by atoms with Gasteiger partial charge >= 0.3 is 0 Å². The minimum atomic E-state index is -0.00870. The number of halogens is 2. The standard InChI is InChI=1S/C14H11Cl2N5S/c15-10-3-1-2-9(11(10)16)12-13(17)19-14(18)21(20-12)6-8-4-5-22-7-8/h1-5,7H,6H2,(H3,17,18,19). The molecule has 112 valence electrons. The number of aromatic nitrogens is 3. The molecule has 8 heteroatoms. The van der Waals surface area contributed by atoms with E-state index in [1.165, 1.54) is 4.68 Å². The van der Waals surface area contributed by atoms with E-state index in [0.717, 1.165) is 5.56 Å². The number of benzene rings is 1. The van der Waals surface area contributed by atoms with Gasteiger partial charge < -0.3 is 5.73 Å².